The summed E-state index contributed by atoms with van der Waals surface area (Å²) in [6, 6.07) is 5.73. The van der Waals surface area contributed by atoms with Crippen LogP contribution in [0.5, 0.6) is 11.8 Å². The summed E-state index contributed by atoms with van der Waals surface area (Å²) in [6.07, 6.45) is 6.78. The third-order valence-corrected chi connectivity index (χ3v) is 4.44. The topological polar surface area (TPSA) is 69.6 Å². The van der Waals surface area contributed by atoms with E-state index in [1.807, 2.05) is 12.3 Å². The summed E-state index contributed by atoms with van der Waals surface area (Å²) in [5.41, 5.74) is 1.21. The Morgan fingerprint density at radius 3 is 2.54 bits per heavy atom. The van der Waals surface area contributed by atoms with Gasteiger partial charge in [-0.25, -0.2) is 0 Å². The maximum absolute atomic E-state index is 6.20. The first-order valence-corrected chi connectivity index (χ1v) is 8.85. The molecule has 26 heavy (non-hydrogen) atoms. The molecule has 1 fully saturated rings. The molecular formula is C19H26N4O3. The van der Waals surface area contributed by atoms with Crippen LogP contribution in [0.25, 0.3) is 0 Å². The summed E-state index contributed by atoms with van der Waals surface area (Å²) in [5, 5.41) is 0. The molecule has 2 aromatic heterocycles. The zero-order valence-corrected chi connectivity index (χ0v) is 15.6. The van der Waals surface area contributed by atoms with E-state index in [1.54, 1.807) is 26.5 Å². The minimum absolute atomic E-state index is 0.128. The highest BCUT2D eigenvalue weighted by molar-refractivity contribution is 5.21. The third kappa shape index (κ3) is 5.12. The van der Waals surface area contributed by atoms with Crippen LogP contribution in [0, 0.1) is 0 Å². The van der Waals surface area contributed by atoms with Crippen molar-refractivity contribution in [3.05, 3.63) is 42.0 Å². The van der Waals surface area contributed by atoms with Crippen molar-refractivity contribution in [1.82, 2.24) is 19.9 Å². The van der Waals surface area contributed by atoms with Gasteiger partial charge in [0.15, 0.2) is 0 Å². The summed E-state index contributed by atoms with van der Waals surface area (Å²) in [7, 11) is 5.29. The molecule has 0 spiro atoms. The van der Waals surface area contributed by atoms with Crippen molar-refractivity contribution in [2.75, 3.05) is 27.8 Å². The summed E-state index contributed by atoms with van der Waals surface area (Å²) in [5.74, 6) is 1.71. The Hall–Kier alpha value is -2.25. The predicted molar refractivity (Wildman–Crippen MR) is 97.3 cm³/mol. The zero-order valence-electron chi connectivity index (χ0n) is 15.6. The summed E-state index contributed by atoms with van der Waals surface area (Å²) in [6.45, 7) is 1.77. The van der Waals surface area contributed by atoms with E-state index in [0.29, 0.717) is 24.0 Å². The number of nitrogens with zero attached hydrogens (tertiary/aromatic N) is 4. The minimum atomic E-state index is 0.128. The van der Waals surface area contributed by atoms with Gasteiger partial charge in [0, 0.05) is 31.9 Å². The van der Waals surface area contributed by atoms with Crippen LogP contribution in [0.15, 0.2) is 30.6 Å². The van der Waals surface area contributed by atoms with Gasteiger partial charge in [-0.05, 0) is 31.5 Å². The van der Waals surface area contributed by atoms with Crippen LogP contribution >= 0.6 is 0 Å². The Labute approximate surface area is 154 Å². The lowest BCUT2D eigenvalue weighted by Gasteiger charge is -2.21. The smallest absolute Gasteiger partial charge is 0.220 e. The number of aromatic nitrogens is 3. The molecule has 1 aliphatic heterocycles. The highest BCUT2D eigenvalue weighted by atomic mass is 16.5. The van der Waals surface area contributed by atoms with Gasteiger partial charge in [0.25, 0.3) is 0 Å². The first-order valence-electron chi connectivity index (χ1n) is 8.85. The monoisotopic (exact) mass is 358 g/mol. The van der Waals surface area contributed by atoms with E-state index in [1.165, 1.54) is 5.56 Å². The lowest BCUT2D eigenvalue weighted by molar-refractivity contribution is 0.0257. The molecule has 140 valence electrons. The molecule has 0 unspecified atom stereocenters. The van der Waals surface area contributed by atoms with E-state index < -0.39 is 0 Å². The van der Waals surface area contributed by atoms with E-state index in [0.717, 1.165) is 25.9 Å². The van der Waals surface area contributed by atoms with Gasteiger partial charge in [-0.1, -0.05) is 6.07 Å². The fourth-order valence-electron chi connectivity index (χ4n) is 3.23. The maximum atomic E-state index is 6.20. The average Bonchev–Trinajstić information content (AvgIpc) is 3.08. The van der Waals surface area contributed by atoms with Gasteiger partial charge in [0.05, 0.1) is 32.5 Å². The average molecular weight is 358 g/mol. The molecule has 1 aliphatic rings. The summed E-state index contributed by atoms with van der Waals surface area (Å²) < 4.78 is 16.6. The molecule has 0 saturated carbocycles. The Morgan fingerprint density at radius 2 is 1.88 bits per heavy atom. The molecule has 7 heteroatoms. The van der Waals surface area contributed by atoms with Crippen LogP contribution in [-0.4, -0.2) is 59.9 Å². The number of ether oxygens (including phenoxy) is 3. The van der Waals surface area contributed by atoms with E-state index in [9.17, 15) is 0 Å². The van der Waals surface area contributed by atoms with Gasteiger partial charge in [-0.3, -0.25) is 9.88 Å². The van der Waals surface area contributed by atoms with Gasteiger partial charge in [-0.2, -0.15) is 9.97 Å². The van der Waals surface area contributed by atoms with Crippen molar-refractivity contribution in [2.24, 2.45) is 0 Å². The highest BCUT2D eigenvalue weighted by Gasteiger charge is 2.27. The van der Waals surface area contributed by atoms with Crippen LogP contribution in [-0.2, 0) is 17.7 Å². The minimum Gasteiger partial charge on any atom is -0.481 e. The van der Waals surface area contributed by atoms with Gasteiger partial charge < -0.3 is 14.2 Å². The molecule has 0 aliphatic carbocycles. The van der Waals surface area contributed by atoms with E-state index >= 15 is 0 Å². The number of hydrogen-bond donors (Lipinski definition) is 0. The molecular weight excluding hydrogens is 332 g/mol. The van der Waals surface area contributed by atoms with Crippen molar-refractivity contribution in [3.8, 4) is 11.8 Å². The highest BCUT2D eigenvalue weighted by Crippen LogP contribution is 2.24. The number of rotatable bonds is 8. The number of pyridine rings is 1. The normalized spacial score (nSPS) is 19.7. The standard InChI is InChI=1S/C19H26N4O3/c1-23(12-14-5-4-8-20-11-14)13-16-7-6-15(26-16)9-17-21-18(24-2)10-19(22-17)25-3/h4-5,8,10-11,15-16H,6-7,9,12-13H2,1-3H3/t15-,16+/m0/s1. The van der Waals surface area contributed by atoms with Crippen molar-refractivity contribution >= 4 is 0 Å². The number of methoxy groups -OCH3 is 2. The molecule has 3 heterocycles. The first kappa shape index (κ1) is 18.5. The fraction of sp³-hybridized carbons (Fsp3) is 0.526. The molecule has 0 bridgehead atoms. The number of likely N-dealkylation sites (N-methyl/N-ethyl adjacent to an activating group) is 1. The Morgan fingerprint density at radius 1 is 1.15 bits per heavy atom. The van der Waals surface area contributed by atoms with Crippen molar-refractivity contribution in [1.29, 1.82) is 0 Å². The maximum Gasteiger partial charge on any atom is 0.220 e. The first-order chi connectivity index (χ1) is 12.7. The Balaban J connectivity index is 1.51. The zero-order chi connectivity index (χ0) is 18.4. The molecule has 3 rings (SSSR count). The van der Waals surface area contributed by atoms with Crippen molar-refractivity contribution in [2.45, 2.75) is 38.0 Å². The quantitative estimate of drug-likeness (QED) is 0.716. The van der Waals surface area contributed by atoms with Crippen LogP contribution in [0.4, 0.5) is 0 Å². The molecule has 7 nitrogen and oxygen atoms in total. The fourth-order valence-corrected chi connectivity index (χ4v) is 3.23. The number of hydrogen-bond acceptors (Lipinski definition) is 7. The molecule has 1 saturated heterocycles. The summed E-state index contributed by atoms with van der Waals surface area (Å²) in [4.78, 5) is 15.2. The Bertz CT molecular complexity index is 676. The van der Waals surface area contributed by atoms with Crippen LogP contribution in [0.2, 0.25) is 0 Å². The lowest BCUT2D eigenvalue weighted by atomic mass is 10.1. The van der Waals surface area contributed by atoms with Crippen LogP contribution in [0.1, 0.15) is 24.2 Å². The van der Waals surface area contributed by atoms with Gasteiger partial charge in [0.2, 0.25) is 11.8 Å². The molecule has 0 N–H and O–H groups in total. The van der Waals surface area contributed by atoms with Crippen LogP contribution in [0.3, 0.4) is 0 Å². The van der Waals surface area contributed by atoms with Gasteiger partial charge in [0.1, 0.15) is 5.82 Å². The second-order valence-electron chi connectivity index (χ2n) is 6.59. The lowest BCUT2D eigenvalue weighted by Crippen LogP contribution is -2.29. The second-order valence-corrected chi connectivity index (χ2v) is 6.59. The van der Waals surface area contributed by atoms with Crippen molar-refractivity contribution in [3.63, 3.8) is 0 Å². The third-order valence-electron chi connectivity index (χ3n) is 4.44. The molecule has 0 radical (unpaired) electrons. The summed E-state index contributed by atoms with van der Waals surface area (Å²) >= 11 is 0. The van der Waals surface area contributed by atoms with Gasteiger partial charge >= 0.3 is 0 Å². The Kier molecular flexibility index (Phi) is 6.35. The molecule has 2 aromatic rings. The molecule has 2 atom stereocenters. The molecule has 0 aromatic carbocycles. The van der Waals surface area contributed by atoms with Gasteiger partial charge in [-0.15, -0.1) is 0 Å². The molecule has 0 amide bonds. The van der Waals surface area contributed by atoms with E-state index in [2.05, 4.69) is 33.0 Å². The largest absolute Gasteiger partial charge is 0.481 e. The SMILES string of the molecule is COc1cc(OC)nc(C[C@@H]2CC[C@H](CN(C)Cc3cccnc3)O2)n1. The van der Waals surface area contributed by atoms with Crippen molar-refractivity contribution < 1.29 is 14.2 Å². The van der Waals surface area contributed by atoms with E-state index in [4.69, 9.17) is 14.2 Å². The second kappa shape index (κ2) is 8.91. The van der Waals surface area contributed by atoms with Crippen LogP contribution < -0.4 is 9.47 Å². The van der Waals surface area contributed by atoms with E-state index in [-0.39, 0.29) is 12.2 Å². The predicted octanol–water partition coefficient (Wildman–Crippen LogP) is 2.11.